The Labute approximate surface area is 139 Å². The smallest absolute Gasteiger partial charge is 0.273 e. The molecule has 1 amide bonds. The summed E-state index contributed by atoms with van der Waals surface area (Å²) in [5, 5.41) is 1.80. The minimum Gasteiger partial charge on any atom is -0.357 e. The summed E-state index contributed by atoms with van der Waals surface area (Å²) >= 11 is 1.45. The average molecular weight is 329 g/mol. The van der Waals surface area contributed by atoms with E-state index in [9.17, 15) is 4.79 Å². The maximum Gasteiger partial charge on any atom is 0.273 e. The second-order valence-corrected chi connectivity index (χ2v) is 6.79. The molecule has 2 fully saturated rings. The summed E-state index contributed by atoms with van der Waals surface area (Å²) in [4.78, 5) is 30.0. The molecule has 0 aromatic carbocycles. The Morgan fingerprint density at radius 1 is 1.26 bits per heavy atom. The van der Waals surface area contributed by atoms with E-state index in [0.29, 0.717) is 5.69 Å². The first kappa shape index (κ1) is 14.6. The molecule has 2 aromatic rings. The average Bonchev–Trinajstić information content (AvgIpc) is 3.19. The van der Waals surface area contributed by atoms with Crippen molar-refractivity contribution in [2.45, 2.75) is 32.2 Å². The molecule has 2 saturated heterocycles. The van der Waals surface area contributed by atoms with Gasteiger partial charge in [0.1, 0.15) is 17.3 Å². The zero-order valence-electron chi connectivity index (χ0n) is 13.1. The number of aromatic nitrogens is 3. The fraction of sp³-hybridized carbons (Fsp3) is 0.500. The van der Waals surface area contributed by atoms with E-state index in [4.69, 9.17) is 0 Å². The first-order chi connectivity index (χ1) is 11.2. The van der Waals surface area contributed by atoms with E-state index in [0.717, 1.165) is 43.4 Å². The highest BCUT2D eigenvalue weighted by atomic mass is 32.1. The van der Waals surface area contributed by atoms with Crippen LogP contribution >= 0.6 is 11.3 Å². The molecule has 2 aliphatic rings. The van der Waals surface area contributed by atoms with E-state index in [1.54, 1.807) is 10.9 Å². The second kappa shape index (κ2) is 5.88. The summed E-state index contributed by atoms with van der Waals surface area (Å²) in [6.45, 7) is 4.81. The number of anilines is 1. The molecule has 0 saturated carbocycles. The maximum atomic E-state index is 12.5. The van der Waals surface area contributed by atoms with Crippen LogP contribution in [0, 0.1) is 6.92 Å². The largest absolute Gasteiger partial charge is 0.357 e. The van der Waals surface area contributed by atoms with Gasteiger partial charge in [-0.05, 0) is 26.2 Å². The fourth-order valence-corrected chi connectivity index (χ4v) is 3.78. The standard InChI is InChI=1S/C16H19N5OS/c1-11-18-12(8-15(19-11)20-5-2-3-6-20)14-4-7-21(14)16(22)13-9-23-10-17-13/h8-10,14H,2-7H2,1H3/t14-/m0/s1. The molecular weight excluding hydrogens is 310 g/mol. The number of aryl methyl sites for hydroxylation is 1. The van der Waals surface area contributed by atoms with Crippen molar-refractivity contribution in [3.63, 3.8) is 0 Å². The van der Waals surface area contributed by atoms with Gasteiger partial charge in [-0.15, -0.1) is 11.3 Å². The van der Waals surface area contributed by atoms with Crippen molar-refractivity contribution >= 4 is 23.1 Å². The SMILES string of the molecule is Cc1nc([C@@H]2CCN2C(=O)c2cscn2)cc(N2CCCC2)n1. The number of thiazole rings is 1. The van der Waals surface area contributed by atoms with Crippen molar-refractivity contribution in [1.29, 1.82) is 0 Å². The van der Waals surface area contributed by atoms with E-state index in [2.05, 4.69) is 25.9 Å². The number of rotatable bonds is 3. The first-order valence-electron chi connectivity index (χ1n) is 8.02. The van der Waals surface area contributed by atoms with Crippen molar-refractivity contribution in [1.82, 2.24) is 19.9 Å². The number of carbonyl (C=O) groups is 1. The minimum atomic E-state index is 0.00138. The van der Waals surface area contributed by atoms with Crippen molar-refractivity contribution < 1.29 is 4.79 Å². The van der Waals surface area contributed by atoms with Crippen LogP contribution in [0.4, 0.5) is 5.82 Å². The zero-order valence-corrected chi connectivity index (χ0v) is 13.9. The van der Waals surface area contributed by atoms with Crippen LogP contribution in [-0.2, 0) is 0 Å². The van der Waals surface area contributed by atoms with Gasteiger partial charge in [-0.3, -0.25) is 4.79 Å². The van der Waals surface area contributed by atoms with Gasteiger partial charge in [0.2, 0.25) is 0 Å². The van der Waals surface area contributed by atoms with Crippen LogP contribution in [-0.4, -0.2) is 45.4 Å². The van der Waals surface area contributed by atoms with Gasteiger partial charge >= 0.3 is 0 Å². The molecule has 7 heteroatoms. The van der Waals surface area contributed by atoms with Crippen LogP contribution in [0.5, 0.6) is 0 Å². The molecule has 0 radical (unpaired) electrons. The van der Waals surface area contributed by atoms with Gasteiger partial charge in [-0.1, -0.05) is 0 Å². The molecule has 0 aliphatic carbocycles. The number of likely N-dealkylation sites (tertiary alicyclic amines) is 1. The number of hydrogen-bond donors (Lipinski definition) is 0. The molecule has 4 heterocycles. The maximum absolute atomic E-state index is 12.5. The van der Waals surface area contributed by atoms with Gasteiger partial charge < -0.3 is 9.80 Å². The van der Waals surface area contributed by atoms with Gasteiger partial charge in [0, 0.05) is 31.1 Å². The summed E-state index contributed by atoms with van der Waals surface area (Å²) < 4.78 is 0. The lowest BCUT2D eigenvalue weighted by Gasteiger charge is -2.40. The normalized spacial score (nSPS) is 20.7. The Morgan fingerprint density at radius 3 is 2.74 bits per heavy atom. The Bertz CT molecular complexity index is 711. The Balaban J connectivity index is 1.59. The molecule has 120 valence electrons. The highest BCUT2D eigenvalue weighted by molar-refractivity contribution is 7.07. The van der Waals surface area contributed by atoms with E-state index < -0.39 is 0 Å². The van der Waals surface area contributed by atoms with Crippen molar-refractivity contribution in [3.8, 4) is 0 Å². The topological polar surface area (TPSA) is 62.2 Å². The lowest BCUT2D eigenvalue weighted by Crippen LogP contribution is -2.45. The second-order valence-electron chi connectivity index (χ2n) is 6.07. The molecular formula is C16H19N5OS. The molecule has 6 nitrogen and oxygen atoms in total. The Morgan fingerprint density at radius 2 is 2.09 bits per heavy atom. The summed E-state index contributed by atoms with van der Waals surface area (Å²) in [5.74, 6) is 1.77. The van der Waals surface area contributed by atoms with Gasteiger partial charge in [-0.25, -0.2) is 15.0 Å². The lowest BCUT2D eigenvalue weighted by atomic mass is 9.98. The minimum absolute atomic E-state index is 0.00138. The fourth-order valence-electron chi connectivity index (χ4n) is 3.26. The third kappa shape index (κ3) is 2.69. The molecule has 0 bridgehead atoms. The first-order valence-corrected chi connectivity index (χ1v) is 8.96. The monoisotopic (exact) mass is 329 g/mol. The van der Waals surface area contributed by atoms with E-state index >= 15 is 0 Å². The van der Waals surface area contributed by atoms with Crippen LogP contribution in [0.3, 0.4) is 0 Å². The van der Waals surface area contributed by atoms with Gasteiger partial charge in [0.25, 0.3) is 5.91 Å². The molecule has 0 spiro atoms. The predicted octanol–water partition coefficient (Wildman–Crippen LogP) is 2.43. The third-order valence-electron chi connectivity index (χ3n) is 4.55. The van der Waals surface area contributed by atoms with E-state index in [1.807, 2.05) is 11.8 Å². The highest BCUT2D eigenvalue weighted by Crippen LogP contribution is 2.35. The Kier molecular flexibility index (Phi) is 3.72. The predicted molar refractivity (Wildman–Crippen MR) is 88.7 cm³/mol. The van der Waals surface area contributed by atoms with Crippen molar-refractivity contribution in [3.05, 3.63) is 34.2 Å². The molecule has 23 heavy (non-hydrogen) atoms. The molecule has 2 aliphatic heterocycles. The van der Waals surface area contributed by atoms with Crippen LogP contribution in [0.15, 0.2) is 17.0 Å². The van der Waals surface area contributed by atoms with E-state index in [1.165, 1.54) is 24.2 Å². The molecule has 4 rings (SSSR count). The number of nitrogens with zero attached hydrogens (tertiary/aromatic N) is 5. The van der Waals surface area contributed by atoms with Crippen LogP contribution in [0.25, 0.3) is 0 Å². The number of hydrogen-bond acceptors (Lipinski definition) is 6. The summed E-state index contributed by atoms with van der Waals surface area (Å²) in [5.41, 5.74) is 3.18. The van der Waals surface area contributed by atoms with Crippen LogP contribution in [0.1, 0.15) is 47.3 Å². The van der Waals surface area contributed by atoms with Gasteiger partial charge in [0.15, 0.2) is 0 Å². The lowest BCUT2D eigenvalue weighted by molar-refractivity contribution is 0.0445. The summed E-state index contributed by atoms with van der Waals surface area (Å²) in [6, 6.07) is 2.11. The molecule has 0 unspecified atom stereocenters. The zero-order chi connectivity index (χ0) is 15.8. The summed E-state index contributed by atoms with van der Waals surface area (Å²) in [7, 11) is 0. The summed E-state index contributed by atoms with van der Waals surface area (Å²) in [6.07, 6.45) is 3.39. The number of carbonyl (C=O) groups excluding carboxylic acids is 1. The molecule has 1 atom stereocenters. The van der Waals surface area contributed by atoms with Gasteiger partial charge in [-0.2, -0.15) is 0 Å². The van der Waals surface area contributed by atoms with Gasteiger partial charge in [0.05, 0.1) is 17.2 Å². The van der Waals surface area contributed by atoms with Crippen molar-refractivity contribution in [2.24, 2.45) is 0 Å². The highest BCUT2D eigenvalue weighted by Gasteiger charge is 2.36. The third-order valence-corrected chi connectivity index (χ3v) is 5.13. The quantitative estimate of drug-likeness (QED) is 0.865. The number of amides is 1. The molecule has 0 N–H and O–H groups in total. The van der Waals surface area contributed by atoms with Crippen molar-refractivity contribution in [2.75, 3.05) is 24.5 Å². The molecule has 2 aromatic heterocycles. The van der Waals surface area contributed by atoms with Crippen LogP contribution in [0.2, 0.25) is 0 Å². The van der Waals surface area contributed by atoms with Crippen LogP contribution < -0.4 is 4.90 Å². The Hall–Kier alpha value is -2.02. The van der Waals surface area contributed by atoms with E-state index in [-0.39, 0.29) is 11.9 Å².